The van der Waals surface area contributed by atoms with Crippen molar-refractivity contribution in [1.29, 1.82) is 0 Å². The van der Waals surface area contributed by atoms with Gasteiger partial charge in [-0.3, -0.25) is 0 Å². The number of nitrogens with zero attached hydrogens (tertiary/aromatic N) is 3. The Morgan fingerprint density at radius 1 is 1.25 bits per heavy atom. The zero-order chi connectivity index (χ0) is 19.7. The Morgan fingerprint density at radius 3 is 2.64 bits per heavy atom. The first-order valence-corrected chi connectivity index (χ1v) is 10.7. The highest BCUT2D eigenvalue weighted by Crippen LogP contribution is 2.44. The van der Waals surface area contributed by atoms with Crippen molar-refractivity contribution in [1.82, 2.24) is 14.5 Å². The summed E-state index contributed by atoms with van der Waals surface area (Å²) in [5.74, 6) is 0.955. The van der Waals surface area contributed by atoms with E-state index in [9.17, 15) is 4.79 Å². The van der Waals surface area contributed by atoms with Gasteiger partial charge in [-0.15, -0.1) is 0 Å². The number of carbonyl (C=O) groups is 1. The molecule has 5 nitrogen and oxygen atoms in total. The van der Waals surface area contributed by atoms with Crippen molar-refractivity contribution in [2.75, 3.05) is 6.61 Å². The first-order chi connectivity index (χ1) is 13.6. The molecule has 0 radical (unpaired) electrons. The lowest BCUT2D eigenvalue weighted by Gasteiger charge is -2.12. The summed E-state index contributed by atoms with van der Waals surface area (Å²) >= 11 is 3.42. The summed E-state index contributed by atoms with van der Waals surface area (Å²) in [6.07, 6.45) is 9.26. The van der Waals surface area contributed by atoms with Crippen molar-refractivity contribution < 1.29 is 9.53 Å². The maximum Gasteiger partial charge on any atom is 0.338 e. The van der Waals surface area contributed by atoms with Crippen molar-refractivity contribution in [3.63, 3.8) is 0 Å². The highest BCUT2D eigenvalue weighted by atomic mass is 79.9. The molecule has 1 aliphatic rings. The molecule has 0 amide bonds. The lowest BCUT2D eigenvalue weighted by Crippen LogP contribution is -2.06. The highest BCUT2D eigenvalue weighted by Gasteiger charge is 2.28. The van der Waals surface area contributed by atoms with Crippen LogP contribution in [0.25, 0.3) is 22.4 Å². The number of fused-ring (bicyclic) bond motifs is 1. The number of halogens is 1. The summed E-state index contributed by atoms with van der Waals surface area (Å²) < 4.78 is 8.31. The number of aryl methyl sites for hydroxylation is 1. The fourth-order valence-corrected chi connectivity index (χ4v) is 4.41. The van der Waals surface area contributed by atoms with E-state index in [4.69, 9.17) is 4.74 Å². The van der Waals surface area contributed by atoms with Crippen LogP contribution in [-0.2, 0) is 11.8 Å². The number of hydrogen-bond donors (Lipinski definition) is 0. The summed E-state index contributed by atoms with van der Waals surface area (Å²) in [6.45, 7) is 2.43. The Balaban J connectivity index is 1.88. The maximum atomic E-state index is 12.4. The number of rotatable bonds is 5. The Hall–Kier alpha value is -2.21. The monoisotopic (exact) mass is 441 g/mol. The number of benzene rings is 1. The van der Waals surface area contributed by atoms with Gasteiger partial charge in [-0.25, -0.2) is 14.8 Å². The van der Waals surface area contributed by atoms with Crippen LogP contribution >= 0.6 is 15.9 Å². The summed E-state index contributed by atoms with van der Waals surface area (Å²) in [6, 6.07) is 5.88. The van der Waals surface area contributed by atoms with Gasteiger partial charge in [-0.05, 0) is 58.8 Å². The molecule has 0 spiro atoms. The van der Waals surface area contributed by atoms with E-state index in [0.717, 1.165) is 27.9 Å². The van der Waals surface area contributed by atoms with Gasteiger partial charge in [0.25, 0.3) is 0 Å². The average molecular weight is 442 g/mol. The summed E-state index contributed by atoms with van der Waals surface area (Å²) in [4.78, 5) is 21.5. The third kappa shape index (κ3) is 3.46. The molecular formula is C22H24BrN3O2. The van der Waals surface area contributed by atoms with Gasteiger partial charge in [0.1, 0.15) is 0 Å². The van der Waals surface area contributed by atoms with E-state index in [1.54, 1.807) is 12.4 Å². The number of aromatic nitrogens is 3. The Kier molecular flexibility index (Phi) is 5.49. The molecule has 0 bridgehead atoms. The van der Waals surface area contributed by atoms with Gasteiger partial charge in [-0.1, -0.05) is 25.8 Å². The van der Waals surface area contributed by atoms with Gasteiger partial charge in [0.2, 0.25) is 0 Å². The van der Waals surface area contributed by atoms with E-state index >= 15 is 0 Å². The van der Waals surface area contributed by atoms with E-state index in [1.807, 2.05) is 26.1 Å². The molecule has 6 heteroatoms. The first-order valence-electron chi connectivity index (χ1n) is 9.87. The van der Waals surface area contributed by atoms with E-state index in [0.29, 0.717) is 18.1 Å². The molecule has 1 saturated carbocycles. The second kappa shape index (κ2) is 8.03. The van der Waals surface area contributed by atoms with Crippen molar-refractivity contribution in [3.05, 3.63) is 46.2 Å². The van der Waals surface area contributed by atoms with Crippen molar-refractivity contribution in [3.8, 4) is 11.5 Å². The first kappa shape index (κ1) is 19.1. The van der Waals surface area contributed by atoms with Crippen LogP contribution in [0.1, 0.15) is 60.9 Å². The Morgan fingerprint density at radius 2 is 1.96 bits per heavy atom. The van der Waals surface area contributed by atoms with Crippen LogP contribution in [0.4, 0.5) is 0 Å². The molecule has 28 heavy (non-hydrogen) atoms. The van der Waals surface area contributed by atoms with Crippen molar-refractivity contribution in [2.45, 2.75) is 44.9 Å². The van der Waals surface area contributed by atoms with Gasteiger partial charge >= 0.3 is 5.97 Å². The van der Waals surface area contributed by atoms with Gasteiger partial charge < -0.3 is 9.30 Å². The van der Waals surface area contributed by atoms with Crippen LogP contribution in [0.15, 0.2) is 35.1 Å². The van der Waals surface area contributed by atoms with Crippen LogP contribution in [0.2, 0.25) is 0 Å². The van der Waals surface area contributed by atoms with Gasteiger partial charge in [0, 0.05) is 30.3 Å². The van der Waals surface area contributed by atoms with Crippen LogP contribution < -0.4 is 0 Å². The molecule has 1 aromatic carbocycles. The Labute approximate surface area is 173 Å². The standard InChI is InChI=1S/C22H24BrN3O2/c1-3-10-28-22(27)15-8-9-17-18(11-15)26(2)20(19(17)14-6-4-5-7-14)21-24-12-16(23)13-25-21/h8-9,11-14H,3-7,10H2,1-2H3. The van der Waals surface area contributed by atoms with Gasteiger partial charge in [0.15, 0.2) is 5.82 Å². The molecule has 2 aromatic heterocycles. The maximum absolute atomic E-state index is 12.4. The Bertz CT molecular complexity index is 1000. The molecular weight excluding hydrogens is 418 g/mol. The SMILES string of the molecule is CCCOC(=O)c1ccc2c(C3CCCC3)c(-c3ncc(Br)cn3)n(C)c2c1. The topological polar surface area (TPSA) is 57.0 Å². The molecule has 0 aliphatic heterocycles. The zero-order valence-electron chi connectivity index (χ0n) is 16.2. The lowest BCUT2D eigenvalue weighted by molar-refractivity contribution is 0.0505. The fraction of sp³-hybridized carbons (Fsp3) is 0.409. The molecule has 2 heterocycles. The molecule has 3 aromatic rings. The van der Waals surface area contributed by atoms with Crippen molar-refractivity contribution >= 4 is 32.8 Å². The highest BCUT2D eigenvalue weighted by molar-refractivity contribution is 9.10. The second-order valence-corrected chi connectivity index (χ2v) is 8.31. The largest absolute Gasteiger partial charge is 0.462 e. The molecule has 0 saturated heterocycles. The average Bonchev–Trinajstić information content (AvgIpc) is 3.33. The number of carbonyl (C=O) groups excluding carboxylic acids is 1. The predicted molar refractivity (Wildman–Crippen MR) is 113 cm³/mol. The molecule has 0 atom stereocenters. The minimum Gasteiger partial charge on any atom is -0.462 e. The summed E-state index contributed by atoms with van der Waals surface area (Å²) in [7, 11) is 2.03. The smallest absolute Gasteiger partial charge is 0.338 e. The minimum absolute atomic E-state index is 0.270. The number of esters is 1. The van der Waals surface area contributed by atoms with Crippen LogP contribution in [0.5, 0.6) is 0 Å². The number of ether oxygens (including phenoxy) is 1. The fourth-order valence-electron chi connectivity index (χ4n) is 4.20. The van der Waals surface area contributed by atoms with Crippen molar-refractivity contribution in [2.24, 2.45) is 7.05 Å². The third-order valence-electron chi connectivity index (χ3n) is 5.51. The quantitative estimate of drug-likeness (QED) is 0.481. The molecule has 4 rings (SSSR count). The second-order valence-electron chi connectivity index (χ2n) is 7.40. The molecule has 1 fully saturated rings. The van der Waals surface area contributed by atoms with E-state index in [-0.39, 0.29) is 5.97 Å². The minimum atomic E-state index is -0.270. The zero-order valence-corrected chi connectivity index (χ0v) is 17.8. The summed E-state index contributed by atoms with van der Waals surface area (Å²) in [5.41, 5.74) is 3.97. The predicted octanol–water partition coefficient (Wildman–Crippen LogP) is 5.62. The van der Waals surface area contributed by atoms with Crippen LogP contribution in [-0.4, -0.2) is 27.1 Å². The van der Waals surface area contributed by atoms with Crippen LogP contribution in [0, 0.1) is 0 Å². The summed E-state index contributed by atoms with van der Waals surface area (Å²) in [5, 5.41) is 1.18. The molecule has 0 unspecified atom stereocenters. The van der Waals surface area contributed by atoms with Gasteiger partial charge in [-0.2, -0.15) is 0 Å². The molecule has 0 N–H and O–H groups in total. The van der Waals surface area contributed by atoms with E-state index in [2.05, 4.69) is 36.5 Å². The lowest BCUT2D eigenvalue weighted by atomic mass is 9.93. The normalized spacial score (nSPS) is 14.7. The van der Waals surface area contributed by atoms with E-state index in [1.165, 1.54) is 36.6 Å². The molecule has 1 aliphatic carbocycles. The third-order valence-corrected chi connectivity index (χ3v) is 5.92. The van der Waals surface area contributed by atoms with Crippen LogP contribution in [0.3, 0.4) is 0 Å². The molecule has 146 valence electrons. The number of hydrogen-bond acceptors (Lipinski definition) is 4. The van der Waals surface area contributed by atoms with Gasteiger partial charge in [0.05, 0.1) is 22.3 Å². The van der Waals surface area contributed by atoms with E-state index < -0.39 is 0 Å².